The van der Waals surface area contributed by atoms with Crippen LogP contribution in [-0.4, -0.2) is 32.3 Å². The Labute approximate surface area is 119 Å². The molecule has 2 rings (SSSR count). The monoisotopic (exact) mass is 290 g/mol. The lowest BCUT2D eigenvalue weighted by atomic mass is 10.2. The quantitative estimate of drug-likeness (QED) is 0.405. The number of nitrogens with zero attached hydrogens (tertiary/aromatic N) is 3. The number of amides is 1. The second-order valence-corrected chi connectivity index (χ2v) is 4.28. The number of hydrogen-bond donors (Lipinski definition) is 3. The molecule has 4 N–H and O–H groups in total. The van der Waals surface area contributed by atoms with Crippen LogP contribution in [0.1, 0.15) is 22.6 Å². The molecule has 0 aliphatic heterocycles. The predicted octanol–water partition coefficient (Wildman–Crippen LogP) is 0.658. The van der Waals surface area contributed by atoms with Crippen LogP contribution in [0.4, 0.5) is 11.5 Å². The van der Waals surface area contributed by atoms with Crippen LogP contribution < -0.4 is 11.1 Å². The average molecular weight is 290 g/mol. The van der Waals surface area contributed by atoms with Crippen molar-refractivity contribution in [3.05, 3.63) is 46.2 Å². The summed E-state index contributed by atoms with van der Waals surface area (Å²) in [7, 11) is 0. The van der Waals surface area contributed by atoms with Crippen molar-refractivity contribution in [2.24, 2.45) is 0 Å². The number of imidazole rings is 1. The highest BCUT2D eigenvalue weighted by Crippen LogP contribution is 2.16. The zero-order valence-electron chi connectivity index (χ0n) is 11.1. The molecule has 0 aromatic carbocycles. The van der Waals surface area contributed by atoms with Gasteiger partial charge in [-0.05, 0) is 6.42 Å². The van der Waals surface area contributed by atoms with E-state index in [9.17, 15) is 14.9 Å². The van der Waals surface area contributed by atoms with E-state index in [0.29, 0.717) is 19.4 Å². The van der Waals surface area contributed by atoms with Crippen molar-refractivity contribution in [2.45, 2.75) is 12.8 Å². The number of aromatic amines is 1. The van der Waals surface area contributed by atoms with Crippen LogP contribution >= 0.6 is 0 Å². The molecule has 2 heterocycles. The predicted molar refractivity (Wildman–Crippen MR) is 74.5 cm³/mol. The van der Waals surface area contributed by atoms with Crippen LogP contribution in [0.5, 0.6) is 0 Å². The molecule has 0 aliphatic carbocycles. The number of nitro groups is 1. The maximum absolute atomic E-state index is 11.9. The molecular formula is C12H14N6O3. The van der Waals surface area contributed by atoms with Crippen molar-refractivity contribution >= 4 is 17.4 Å². The number of nitrogen functional groups attached to an aromatic ring is 1. The van der Waals surface area contributed by atoms with Crippen LogP contribution in [0, 0.1) is 10.1 Å². The number of aryl methyl sites for hydroxylation is 1. The molecule has 0 saturated carbocycles. The van der Waals surface area contributed by atoms with Crippen molar-refractivity contribution in [3.63, 3.8) is 0 Å². The normalized spacial score (nSPS) is 10.3. The van der Waals surface area contributed by atoms with E-state index < -0.39 is 10.8 Å². The van der Waals surface area contributed by atoms with Gasteiger partial charge in [-0.2, -0.15) is 0 Å². The number of carbonyl (C=O) groups is 1. The highest BCUT2D eigenvalue weighted by atomic mass is 16.6. The van der Waals surface area contributed by atoms with Crippen molar-refractivity contribution in [3.8, 4) is 0 Å². The molecule has 1 amide bonds. The van der Waals surface area contributed by atoms with Crippen LogP contribution in [0.15, 0.2) is 24.7 Å². The molecule has 9 heteroatoms. The van der Waals surface area contributed by atoms with E-state index in [1.54, 1.807) is 12.4 Å². The molecule has 0 unspecified atom stereocenters. The number of anilines is 1. The number of rotatable bonds is 6. The van der Waals surface area contributed by atoms with Crippen LogP contribution in [0.25, 0.3) is 0 Å². The summed E-state index contributed by atoms with van der Waals surface area (Å²) in [5, 5.41) is 13.3. The molecule has 0 bridgehead atoms. The summed E-state index contributed by atoms with van der Waals surface area (Å²) in [6.45, 7) is 0.404. The second kappa shape index (κ2) is 6.46. The van der Waals surface area contributed by atoms with Gasteiger partial charge in [0.2, 0.25) is 0 Å². The highest BCUT2D eigenvalue weighted by Gasteiger charge is 2.16. The number of hydrogen-bond acceptors (Lipinski definition) is 6. The molecule has 0 aliphatic rings. The fourth-order valence-corrected chi connectivity index (χ4v) is 1.73. The fourth-order valence-electron chi connectivity index (χ4n) is 1.73. The average Bonchev–Trinajstić information content (AvgIpc) is 2.96. The Morgan fingerprint density at radius 1 is 1.48 bits per heavy atom. The largest absolute Gasteiger partial charge is 0.383 e. The maximum Gasteiger partial charge on any atom is 0.288 e. The third-order valence-electron chi connectivity index (χ3n) is 2.79. The first-order chi connectivity index (χ1) is 10.1. The Morgan fingerprint density at radius 3 is 2.95 bits per heavy atom. The second-order valence-electron chi connectivity index (χ2n) is 4.28. The molecule has 21 heavy (non-hydrogen) atoms. The molecule has 9 nitrogen and oxygen atoms in total. The summed E-state index contributed by atoms with van der Waals surface area (Å²) >= 11 is 0. The zero-order valence-corrected chi connectivity index (χ0v) is 11.1. The molecule has 2 aromatic rings. The number of carbonyl (C=O) groups excluding carboxylic acids is 1. The molecule has 110 valence electrons. The van der Waals surface area contributed by atoms with E-state index in [0.717, 1.165) is 18.1 Å². The molecule has 0 spiro atoms. The minimum absolute atomic E-state index is 0.00204. The topological polar surface area (TPSA) is 140 Å². The van der Waals surface area contributed by atoms with Gasteiger partial charge in [-0.15, -0.1) is 0 Å². The van der Waals surface area contributed by atoms with E-state index in [1.807, 2.05) is 0 Å². The Bertz CT molecular complexity index is 640. The number of nitrogens with one attached hydrogen (secondary N) is 2. The zero-order chi connectivity index (χ0) is 15.2. The van der Waals surface area contributed by atoms with Crippen molar-refractivity contribution < 1.29 is 9.72 Å². The van der Waals surface area contributed by atoms with Gasteiger partial charge in [0.1, 0.15) is 17.8 Å². The first kappa shape index (κ1) is 14.4. The SMILES string of the molecule is Nc1ncc([N+](=O)[O-])cc1C(=O)NCCCc1ncc[nH]1. The maximum atomic E-state index is 11.9. The van der Waals surface area contributed by atoms with Crippen LogP contribution in [0.2, 0.25) is 0 Å². The van der Waals surface area contributed by atoms with Gasteiger partial charge in [0.15, 0.2) is 0 Å². The highest BCUT2D eigenvalue weighted by molar-refractivity contribution is 5.98. The van der Waals surface area contributed by atoms with E-state index >= 15 is 0 Å². The van der Waals surface area contributed by atoms with Gasteiger partial charge >= 0.3 is 0 Å². The van der Waals surface area contributed by atoms with Gasteiger partial charge in [0, 0.05) is 31.4 Å². The smallest absolute Gasteiger partial charge is 0.288 e. The number of H-pyrrole nitrogens is 1. The number of nitrogens with two attached hydrogens (primary N) is 1. The first-order valence-electron chi connectivity index (χ1n) is 6.24. The summed E-state index contributed by atoms with van der Waals surface area (Å²) in [5.74, 6) is 0.313. The van der Waals surface area contributed by atoms with Gasteiger partial charge in [0.05, 0.1) is 10.5 Å². The van der Waals surface area contributed by atoms with E-state index in [-0.39, 0.29) is 17.1 Å². The van der Waals surface area contributed by atoms with E-state index in [2.05, 4.69) is 20.3 Å². The Morgan fingerprint density at radius 2 is 2.29 bits per heavy atom. The van der Waals surface area contributed by atoms with Crippen LogP contribution in [-0.2, 0) is 6.42 Å². The van der Waals surface area contributed by atoms with E-state index in [1.165, 1.54) is 0 Å². The van der Waals surface area contributed by atoms with Gasteiger partial charge in [-0.1, -0.05) is 0 Å². The van der Waals surface area contributed by atoms with Gasteiger partial charge in [-0.3, -0.25) is 14.9 Å². The molecule has 0 radical (unpaired) electrons. The summed E-state index contributed by atoms with van der Waals surface area (Å²) in [6, 6.07) is 1.12. The minimum Gasteiger partial charge on any atom is -0.383 e. The summed E-state index contributed by atoms with van der Waals surface area (Å²) < 4.78 is 0. The number of aromatic nitrogens is 3. The van der Waals surface area contributed by atoms with Gasteiger partial charge in [0.25, 0.3) is 11.6 Å². The minimum atomic E-state index is -0.625. The first-order valence-corrected chi connectivity index (χ1v) is 6.24. The Balaban J connectivity index is 1.90. The lowest BCUT2D eigenvalue weighted by Crippen LogP contribution is -2.26. The van der Waals surface area contributed by atoms with E-state index in [4.69, 9.17) is 5.73 Å². The summed E-state index contributed by atoms with van der Waals surface area (Å²) in [6.07, 6.45) is 5.77. The van der Waals surface area contributed by atoms with Crippen molar-refractivity contribution in [1.82, 2.24) is 20.3 Å². The Hall–Kier alpha value is -2.97. The van der Waals surface area contributed by atoms with Crippen molar-refractivity contribution in [1.29, 1.82) is 0 Å². The molecule has 2 aromatic heterocycles. The van der Waals surface area contributed by atoms with Crippen LogP contribution in [0.3, 0.4) is 0 Å². The molecule has 0 saturated heterocycles. The molecular weight excluding hydrogens is 276 g/mol. The third-order valence-corrected chi connectivity index (χ3v) is 2.79. The summed E-state index contributed by atoms with van der Waals surface area (Å²) in [5.41, 5.74) is 5.29. The van der Waals surface area contributed by atoms with Gasteiger partial charge < -0.3 is 16.0 Å². The third kappa shape index (κ3) is 3.75. The Kier molecular flexibility index (Phi) is 4.44. The lowest BCUT2D eigenvalue weighted by Gasteiger charge is -2.06. The molecule has 0 atom stereocenters. The lowest BCUT2D eigenvalue weighted by molar-refractivity contribution is -0.385. The fraction of sp³-hybridized carbons (Fsp3) is 0.250. The van der Waals surface area contributed by atoms with Crippen molar-refractivity contribution in [2.75, 3.05) is 12.3 Å². The standard InChI is InChI=1S/C12H14N6O3/c13-11-9(6-8(7-17-11)18(20)21)12(19)16-3-1-2-10-14-4-5-15-10/h4-7H,1-3H2,(H2,13,17)(H,14,15)(H,16,19). The summed E-state index contributed by atoms with van der Waals surface area (Å²) in [4.78, 5) is 32.6. The molecule has 0 fully saturated rings. The number of pyridine rings is 1. The van der Waals surface area contributed by atoms with Gasteiger partial charge in [-0.25, -0.2) is 9.97 Å².